The van der Waals surface area contributed by atoms with Gasteiger partial charge in [-0.1, -0.05) is 22.9 Å². The minimum absolute atomic E-state index is 0.305. The summed E-state index contributed by atoms with van der Waals surface area (Å²) >= 11 is 3.55. The van der Waals surface area contributed by atoms with Crippen molar-refractivity contribution in [2.24, 2.45) is 5.92 Å². The normalized spacial score (nSPS) is 23.2. The van der Waals surface area contributed by atoms with Crippen LogP contribution in [0.2, 0.25) is 0 Å². The molecule has 0 bridgehead atoms. The number of pyridine rings is 1. The Labute approximate surface area is 128 Å². The lowest BCUT2D eigenvalue weighted by Gasteiger charge is -2.38. The van der Waals surface area contributed by atoms with Gasteiger partial charge in [0.15, 0.2) is 0 Å². The fourth-order valence-electron chi connectivity index (χ4n) is 2.94. The molecule has 0 spiro atoms. The van der Waals surface area contributed by atoms with Crippen LogP contribution in [-0.2, 0) is 4.74 Å². The summed E-state index contributed by atoms with van der Waals surface area (Å²) in [5.74, 6) is 0.621. The zero-order valence-corrected chi connectivity index (χ0v) is 13.4. The van der Waals surface area contributed by atoms with Gasteiger partial charge in [0, 0.05) is 41.9 Å². The summed E-state index contributed by atoms with van der Waals surface area (Å²) in [4.78, 5) is 6.87. The quantitative estimate of drug-likeness (QED) is 0.833. The molecule has 106 valence electrons. The van der Waals surface area contributed by atoms with Crippen molar-refractivity contribution in [3.8, 4) is 0 Å². The van der Waals surface area contributed by atoms with E-state index in [9.17, 15) is 0 Å². The summed E-state index contributed by atoms with van der Waals surface area (Å²) in [6, 6.07) is 8.35. The molecule has 1 saturated heterocycles. The number of anilines is 1. The molecule has 2 heterocycles. The van der Waals surface area contributed by atoms with Gasteiger partial charge in [-0.05, 0) is 36.6 Å². The average Bonchev–Trinajstić information content (AvgIpc) is 2.47. The topological polar surface area (TPSA) is 25.4 Å². The largest absolute Gasteiger partial charge is 0.379 e. The van der Waals surface area contributed by atoms with Crippen LogP contribution in [0.15, 0.2) is 34.9 Å². The highest BCUT2D eigenvalue weighted by Crippen LogP contribution is 2.31. The van der Waals surface area contributed by atoms with Crippen LogP contribution in [0.3, 0.4) is 0 Å². The number of nitrogens with zero attached hydrogens (tertiary/aromatic N) is 2. The fraction of sp³-hybridized carbons (Fsp3) is 0.438. The Hall–Kier alpha value is -1.13. The Bertz CT molecular complexity index is 616. The monoisotopic (exact) mass is 334 g/mol. The number of halogens is 1. The van der Waals surface area contributed by atoms with E-state index >= 15 is 0 Å². The summed E-state index contributed by atoms with van der Waals surface area (Å²) in [6.07, 6.45) is 3.36. The lowest BCUT2D eigenvalue weighted by Crippen LogP contribution is -2.44. The number of hydrogen-bond acceptors (Lipinski definition) is 3. The van der Waals surface area contributed by atoms with Crippen molar-refractivity contribution in [2.45, 2.75) is 19.4 Å². The van der Waals surface area contributed by atoms with Crippen LogP contribution in [0.25, 0.3) is 10.9 Å². The number of fused-ring (bicyclic) bond motifs is 1. The third-order valence-corrected chi connectivity index (χ3v) is 4.71. The fourth-order valence-corrected chi connectivity index (χ4v) is 3.30. The van der Waals surface area contributed by atoms with Crippen molar-refractivity contribution < 1.29 is 4.74 Å². The Morgan fingerprint density at radius 3 is 3.00 bits per heavy atom. The molecule has 20 heavy (non-hydrogen) atoms. The molecule has 3 nitrogen and oxygen atoms in total. The number of aromatic nitrogens is 1. The second-order valence-corrected chi connectivity index (χ2v) is 6.39. The number of ether oxygens (including phenoxy) is 1. The molecule has 0 N–H and O–H groups in total. The lowest BCUT2D eigenvalue weighted by molar-refractivity contribution is 0.0499. The Balaban J connectivity index is 1.99. The molecule has 4 heteroatoms. The average molecular weight is 335 g/mol. The Morgan fingerprint density at radius 1 is 1.35 bits per heavy atom. The molecule has 0 aliphatic carbocycles. The maximum absolute atomic E-state index is 5.62. The molecule has 1 aromatic carbocycles. The van der Waals surface area contributed by atoms with Crippen molar-refractivity contribution >= 4 is 32.5 Å². The molecule has 1 fully saturated rings. The third-order valence-electron chi connectivity index (χ3n) is 4.21. The summed E-state index contributed by atoms with van der Waals surface area (Å²) in [6.45, 7) is 4.29. The van der Waals surface area contributed by atoms with Gasteiger partial charge < -0.3 is 9.64 Å². The standard InChI is InChI=1S/C16H19BrN2O/c1-11-6-8-19(10-16(11)20-2)15-5-7-18-14-4-3-12(17)9-13(14)15/h3-5,7,9,11,16H,6,8,10H2,1-2H3. The van der Waals surface area contributed by atoms with Crippen LogP contribution in [0, 0.1) is 5.92 Å². The van der Waals surface area contributed by atoms with E-state index in [0.29, 0.717) is 12.0 Å². The first kappa shape index (κ1) is 13.8. The molecule has 0 saturated carbocycles. The van der Waals surface area contributed by atoms with Gasteiger partial charge in [-0.3, -0.25) is 4.98 Å². The van der Waals surface area contributed by atoms with E-state index in [1.807, 2.05) is 19.4 Å². The zero-order chi connectivity index (χ0) is 14.1. The predicted molar refractivity (Wildman–Crippen MR) is 86.2 cm³/mol. The van der Waals surface area contributed by atoms with Crippen LogP contribution in [0.1, 0.15) is 13.3 Å². The smallest absolute Gasteiger partial charge is 0.0772 e. The summed E-state index contributed by atoms with van der Waals surface area (Å²) in [5, 5.41) is 1.20. The molecule has 1 aromatic heterocycles. The van der Waals surface area contributed by atoms with Gasteiger partial charge in [-0.25, -0.2) is 0 Å². The van der Waals surface area contributed by atoms with Crippen molar-refractivity contribution in [3.05, 3.63) is 34.9 Å². The number of rotatable bonds is 2. The van der Waals surface area contributed by atoms with E-state index in [4.69, 9.17) is 4.74 Å². The van der Waals surface area contributed by atoms with Gasteiger partial charge in [0.05, 0.1) is 11.6 Å². The SMILES string of the molecule is COC1CN(c2ccnc3ccc(Br)cc23)CCC1C. The number of hydrogen-bond donors (Lipinski definition) is 0. The van der Waals surface area contributed by atoms with E-state index in [1.165, 1.54) is 11.1 Å². The van der Waals surface area contributed by atoms with E-state index in [-0.39, 0.29) is 0 Å². The molecule has 0 amide bonds. The highest BCUT2D eigenvalue weighted by atomic mass is 79.9. The first-order valence-electron chi connectivity index (χ1n) is 7.01. The van der Waals surface area contributed by atoms with Crippen molar-refractivity contribution in [2.75, 3.05) is 25.1 Å². The third kappa shape index (κ3) is 2.54. The van der Waals surface area contributed by atoms with Gasteiger partial charge in [0.2, 0.25) is 0 Å². The van der Waals surface area contributed by atoms with Gasteiger partial charge in [-0.15, -0.1) is 0 Å². The van der Waals surface area contributed by atoms with Gasteiger partial charge >= 0.3 is 0 Å². The van der Waals surface area contributed by atoms with Crippen LogP contribution in [-0.4, -0.2) is 31.3 Å². The number of benzene rings is 1. The Morgan fingerprint density at radius 2 is 2.20 bits per heavy atom. The minimum Gasteiger partial charge on any atom is -0.379 e. The highest BCUT2D eigenvalue weighted by Gasteiger charge is 2.26. The number of piperidine rings is 1. The second-order valence-electron chi connectivity index (χ2n) is 5.48. The van der Waals surface area contributed by atoms with E-state index in [2.05, 4.69) is 50.9 Å². The minimum atomic E-state index is 0.305. The summed E-state index contributed by atoms with van der Waals surface area (Å²) in [5.41, 5.74) is 2.29. The zero-order valence-electron chi connectivity index (χ0n) is 11.8. The molecule has 2 aromatic rings. The van der Waals surface area contributed by atoms with E-state index in [1.54, 1.807) is 0 Å². The van der Waals surface area contributed by atoms with Crippen molar-refractivity contribution in [1.29, 1.82) is 0 Å². The molecule has 3 rings (SSSR count). The molecule has 1 aliphatic rings. The van der Waals surface area contributed by atoms with Gasteiger partial charge in [0.25, 0.3) is 0 Å². The van der Waals surface area contributed by atoms with Crippen molar-refractivity contribution in [1.82, 2.24) is 4.98 Å². The van der Waals surface area contributed by atoms with Gasteiger partial charge in [0.1, 0.15) is 0 Å². The molecule has 2 unspecified atom stereocenters. The summed E-state index contributed by atoms with van der Waals surface area (Å²) in [7, 11) is 1.81. The maximum Gasteiger partial charge on any atom is 0.0772 e. The maximum atomic E-state index is 5.62. The lowest BCUT2D eigenvalue weighted by atomic mass is 9.95. The molecular weight excluding hydrogens is 316 g/mol. The number of methoxy groups -OCH3 is 1. The summed E-state index contributed by atoms with van der Waals surface area (Å²) < 4.78 is 6.72. The van der Waals surface area contributed by atoms with Crippen LogP contribution in [0.4, 0.5) is 5.69 Å². The molecule has 2 atom stereocenters. The second kappa shape index (κ2) is 5.70. The first-order valence-corrected chi connectivity index (χ1v) is 7.80. The molecule has 0 radical (unpaired) electrons. The van der Waals surface area contributed by atoms with Gasteiger partial charge in [-0.2, -0.15) is 0 Å². The van der Waals surface area contributed by atoms with Crippen LogP contribution < -0.4 is 4.90 Å². The van der Waals surface area contributed by atoms with Crippen LogP contribution >= 0.6 is 15.9 Å². The highest BCUT2D eigenvalue weighted by molar-refractivity contribution is 9.10. The Kier molecular flexibility index (Phi) is 3.94. The first-order chi connectivity index (χ1) is 9.69. The van der Waals surface area contributed by atoms with Crippen molar-refractivity contribution in [3.63, 3.8) is 0 Å². The van der Waals surface area contributed by atoms with Crippen LogP contribution in [0.5, 0.6) is 0 Å². The molecular formula is C16H19BrN2O. The van der Waals surface area contributed by atoms with E-state index in [0.717, 1.165) is 29.5 Å². The van der Waals surface area contributed by atoms with E-state index < -0.39 is 0 Å². The predicted octanol–water partition coefficient (Wildman–Crippen LogP) is 3.86. The molecule has 1 aliphatic heterocycles.